The second-order valence-electron chi connectivity index (χ2n) is 7.49. The average Bonchev–Trinajstić information content (AvgIpc) is 2.74. The average molecular weight is 429 g/mol. The lowest BCUT2D eigenvalue weighted by molar-refractivity contribution is 0.209. The fraction of sp³-hybridized carbons (Fsp3) is 0.292. The molecule has 2 N–H and O–H groups in total. The van der Waals surface area contributed by atoms with Crippen LogP contribution >= 0.6 is 11.6 Å². The van der Waals surface area contributed by atoms with Crippen molar-refractivity contribution in [1.82, 2.24) is 10.3 Å². The quantitative estimate of drug-likeness (QED) is 0.490. The zero-order valence-electron chi connectivity index (χ0n) is 17.1. The third kappa shape index (κ3) is 6.02. The van der Waals surface area contributed by atoms with Crippen LogP contribution in [0.3, 0.4) is 0 Å². The second-order valence-corrected chi connectivity index (χ2v) is 7.92. The van der Waals surface area contributed by atoms with E-state index >= 15 is 0 Å². The molecular weight excluding hydrogens is 403 g/mol. The third-order valence-electron chi connectivity index (χ3n) is 4.88. The zero-order valence-corrected chi connectivity index (χ0v) is 17.9. The topological polar surface area (TPSA) is 54.4 Å². The molecule has 1 atom stereocenters. The van der Waals surface area contributed by atoms with Crippen LogP contribution < -0.4 is 10.1 Å². The number of ether oxygens (including phenoxy) is 1. The summed E-state index contributed by atoms with van der Waals surface area (Å²) in [5.74, 6) is 0.549. The number of halogens is 2. The van der Waals surface area contributed by atoms with Gasteiger partial charge in [0.25, 0.3) is 0 Å². The molecule has 0 unspecified atom stereocenters. The van der Waals surface area contributed by atoms with E-state index in [1.54, 1.807) is 6.07 Å². The predicted octanol–water partition coefficient (Wildman–Crippen LogP) is 5.23. The summed E-state index contributed by atoms with van der Waals surface area (Å²) in [5, 5.41) is 13.3. The predicted molar refractivity (Wildman–Crippen MR) is 118 cm³/mol. The number of rotatable bonds is 9. The Hall–Kier alpha value is -2.47. The molecule has 3 rings (SSSR count). The van der Waals surface area contributed by atoms with Crippen molar-refractivity contribution in [1.29, 1.82) is 0 Å². The molecule has 0 aliphatic heterocycles. The zero-order chi connectivity index (χ0) is 21.5. The van der Waals surface area contributed by atoms with Crippen LogP contribution in [0.1, 0.15) is 25.1 Å². The smallest absolute Gasteiger partial charge is 0.146 e. The number of hydrogen-bond acceptors (Lipinski definition) is 4. The Balaban J connectivity index is 1.73. The maximum Gasteiger partial charge on any atom is 0.146 e. The van der Waals surface area contributed by atoms with Gasteiger partial charge in [0.1, 0.15) is 18.2 Å². The van der Waals surface area contributed by atoms with Gasteiger partial charge in [-0.2, -0.15) is 0 Å². The van der Waals surface area contributed by atoms with E-state index in [2.05, 4.69) is 10.3 Å². The molecule has 0 saturated carbocycles. The maximum atomic E-state index is 14.3. The highest BCUT2D eigenvalue weighted by molar-refractivity contribution is 6.30. The van der Waals surface area contributed by atoms with Crippen molar-refractivity contribution in [3.63, 3.8) is 0 Å². The Morgan fingerprint density at radius 3 is 2.63 bits per heavy atom. The second kappa shape index (κ2) is 10.5. The Bertz CT molecular complexity index is 981. The molecule has 158 valence electrons. The molecule has 0 saturated heterocycles. The molecule has 1 heterocycles. The van der Waals surface area contributed by atoms with E-state index < -0.39 is 0 Å². The number of aliphatic hydroxyl groups excluding tert-OH is 1. The molecule has 1 aromatic heterocycles. The molecule has 0 fully saturated rings. The van der Waals surface area contributed by atoms with E-state index in [1.165, 1.54) is 6.07 Å². The van der Waals surface area contributed by atoms with Gasteiger partial charge in [0.15, 0.2) is 0 Å². The molecule has 0 aliphatic carbocycles. The minimum atomic E-state index is -0.375. The monoisotopic (exact) mass is 428 g/mol. The molecule has 0 bridgehead atoms. The summed E-state index contributed by atoms with van der Waals surface area (Å²) >= 11 is 6.02. The number of benzene rings is 2. The molecule has 0 radical (unpaired) electrons. The first-order valence-corrected chi connectivity index (χ1v) is 10.3. The summed E-state index contributed by atoms with van der Waals surface area (Å²) in [4.78, 5) is 4.49. The number of pyridine rings is 1. The number of nitrogens with one attached hydrogen (secondary N) is 1. The number of hydrogen-bond donors (Lipinski definition) is 2. The molecule has 2 aromatic carbocycles. The van der Waals surface area contributed by atoms with Crippen LogP contribution in [0.4, 0.5) is 4.39 Å². The van der Waals surface area contributed by atoms with Crippen molar-refractivity contribution in [3.05, 3.63) is 82.8 Å². The van der Waals surface area contributed by atoms with Gasteiger partial charge in [0.05, 0.1) is 18.0 Å². The Morgan fingerprint density at radius 2 is 1.90 bits per heavy atom. The van der Waals surface area contributed by atoms with Crippen LogP contribution in [-0.4, -0.2) is 22.7 Å². The summed E-state index contributed by atoms with van der Waals surface area (Å²) in [6.45, 7) is 4.64. The standard InChI is InChI=1S/C24H26ClFN2O2/c1-16(2)24(14-29)27-13-23-21(26)9-10-22(28-23)18-6-4-8-20(12-18)30-15-17-5-3-7-19(25)11-17/h3-12,16,24,27,29H,13-15H2,1-2H3/t24-/m0/s1. The SMILES string of the molecule is CC(C)[C@H](CO)NCc1nc(-c2cccc(OCc3cccc(Cl)c3)c2)ccc1F. The normalized spacial score (nSPS) is 12.2. The van der Waals surface area contributed by atoms with Crippen molar-refractivity contribution >= 4 is 11.6 Å². The van der Waals surface area contributed by atoms with E-state index in [1.807, 2.05) is 62.4 Å². The van der Waals surface area contributed by atoms with Gasteiger partial charge in [-0.15, -0.1) is 0 Å². The lowest BCUT2D eigenvalue weighted by atomic mass is 10.1. The first-order chi connectivity index (χ1) is 14.5. The highest BCUT2D eigenvalue weighted by Crippen LogP contribution is 2.24. The molecule has 4 nitrogen and oxygen atoms in total. The van der Waals surface area contributed by atoms with Gasteiger partial charge in [-0.3, -0.25) is 0 Å². The van der Waals surface area contributed by atoms with Crippen molar-refractivity contribution in [2.24, 2.45) is 5.92 Å². The number of aromatic nitrogens is 1. The van der Waals surface area contributed by atoms with Crippen LogP contribution in [0.15, 0.2) is 60.7 Å². The summed E-state index contributed by atoms with van der Waals surface area (Å²) in [7, 11) is 0. The lowest BCUT2D eigenvalue weighted by Gasteiger charge is -2.20. The largest absolute Gasteiger partial charge is 0.489 e. The minimum absolute atomic E-state index is 0.00894. The summed E-state index contributed by atoms with van der Waals surface area (Å²) < 4.78 is 20.1. The van der Waals surface area contributed by atoms with Gasteiger partial charge < -0.3 is 15.2 Å². The van der Waals surface area contributed by atoms with E-state index in [-0.39, 0.29) is 30.9 Å². The van der Waals surface area contributed by atoms with Crippen LogP contribution in [0, 0.1) is 11.7 Å². The first kappa shape index (κ1) is 22.2. The van der Waals surface area contributed by atoms with Crippen molar-refractivity contribution in [2.75, 3.05) is 6.61 Å². The Morgan fingerprint density at radius 1 is 1.10 bits per heavy atom. The molecule has 6 heteroatoms. The molecular formula is C24H26ClFN2O2. The molecule has 3 aromatic rings. The minimum Gasteiger partial charge on any atom is -0.489 e. The Labute approximate surface area is 181 Å². The van der Waals surface area contributed by atoms with Gasteiger partial charge in [-0.1, -0.05) is 49.7 Å². The van der Waals surface area contributed by atoms with E-state index in [9.17, 15) is 9.50 Å². The van der Waals surface area contributed by atoms with Crippen molar-refractivity contribution in [3.8, 4) is 17.0 Å². The van der Waals surface area contributed by atoms with E-state index in [0.717, 1.165) is 11.1 Å². The van der Waals surface area contributed by atoms with Gasteiger partial charge in [-0.05, 0) is 47.9 Å². The summed E-state index contributed by atoms with van der Waals surface area (Å²) in [6, 6.07) is 18.0. The van der Waals surface area contributed by atoms with Crippen molar-refractivity contribution < 1.29 is 14.2 Å². The van der Waals surface area contributed by atoms with Gasteiger partial charge in [-0.25, -0.2) is 9.37 Å². The fourth-order valence-corrected chi connectivity index (χ4v) is 3.26. The first-order valence-electron chi connectivity index (χ1n) is 9.93. The van der Waals surface area contributed by atoms with Crippen molar-refractivity contribution in [2.45, 2.75) is 33.0 Å². The number of aliphatic hydroxyl groups is 1. The van der Waals surface area contributed by atoms with Gasteiger partial charge in [0, 0.05) is 23.2 Å². The molecule has 30 heavy (non-hydrogen) atoms. The van der Waals surface area contributed by atoms with E-state index in [0.29, 0.717) is 28.8 Å². The van der Waals surface area contributed by atoms with Gasteiger partial charge in [0.2, 0.25) is 0 Å². The van der Waals surface area contributed by atoms with Crippen LogP contribution in [0.2, 0.25) is 5.02 Å². The number of nitrogens with zero attached hydrogens (tertiary/aromatic N) is 1. The molecule has 0 aliphatic rings. The van der Waals surface area contributed by atoms with E-state index in [4.69, 9.17) is 16.3 Å². The fourth-order valence-electron chi connectivity index (χ4n) is 3.05. The lowest BCUT2D eigenvalue weighted by Crippen LogP contribution is -2.36. The molecule has 0 amide bonds. The summed E-state index contributed by atoms with van der Waals surface area (Å²) in [6.07, 6.45) is 0. The van der Waals surface area contributed by atoms with Crippen LogP contribution in [0.5, 0.6) is 5.75 Å². The highest BCUT2D eigenvalue weighted by atomic mass is 35.5. The molecule has 0 spiro atoms. The maximum absolute atomic E-state index is 14.3. The Kier molecular flexibility index (Phi) is 7.80. The third-order valence-corrected chi connectivity index (χ3v) is 5.11. The van der Waals surface area contributed by atoms with Gasteiger partial charge >= 0.3 is 0 Å². The highest BCUT2D eigenvalue weighted by Gasteiger charge is 2.14. The summed E-state index contributed by atoms with van der Waals surface area (Å²) in [5.41, 5.74) is 2.79. The van der Waals surface area contributed by atoms with Crippen LogP contribution in [0.25, 0.3) is 11.3 Å². The van der Waals surface area contributed by atoms with Crippen LogP contribution in [-0.2, 0) is 13.2 Å².